The molecule has 4 heteroatoms. The lowest BCUT2D eigenvalue weighted by molar-refractivity contribution is 0.768. The third-order valence-electron chi connectivity index (χ3n) is 1.95. The van der Waals surface area contributed by atoms with Gasteiger partial charge in [0.2, 0.25) is 0 Å². The highest BCUT2D eigenvalue weighted by atomic mass is 16.2. The Morgan fingerprint density at radius 3 is 1.58 bits per heavy atom. The minimum Gasteiger partial charge on any atom is -0.267 e. The van der Waals surface area contributed by atoms with Crippen LogP contribution < -0.4 is 11.1 Å². The summed E-state index contributed by atoms with van der Waals surface area (Å²) in [6, 6.07) is 2.91. The number of rotatable bonds is 0. The first-order valence-corrected chi connectivity index (χ1v) is 3.66. The van der Waals surface area contributed by atoms with Gasteiger partial charge < -0.3 is 0 Å². The molecule has 0 aliphatic rings. The smallest absolute Gasteiger partial charge is 0.267 e. The quantitative estimate of drug-likeness (QED) is 0.541. The van der Waals surface area contributed by atoms with Crippen molar-refractivity contribution in [3.8, 4) is 0 Å². The van der Waals surface area contributed by atoms with Crippen molar-refractivity contribution in [1.29, 1.82) is 0 Å². The number of nitrogens with zero attached hydrogens (tertiary/aromatic N) is 2. The zero-order valence-electron chi connectivity index (χ0n) is 6.87. The molecule has 0 spiro atoms. The molecule has 2 aromatic rings. The lowest BCUT2D eigenvalue weighted by Crippen LogP contribution is -2.14. The molecule has 0 aliphatic carbocycles. The highest BCUT2D eigenvalue weighted by molar-refractivity contribution is 5.10. The molecule has 0 saturated carbocycles. The molecular formula is C8H8N2O2. The van der Waals surface area contributed by atoms with Gasteiger partial charge in [-0.15, -0.1) is 0 Å². The van der Waals surface area contributed by atoms with Crippen LogP contribution in [0.2, 0.25) is 0 Å². The third-order valence-corrected chi connectivity index (χ3v) is 1.95. The molecule has 0 aliphatic heterocycles. The molecule has 0 unspecified atom stereocenters. The molecule has 0 saturated heterocycles. The van der Waals surface area contributed by atoms with Crippen molar-refractivity contribution in [3.63, 3.8) is 0 Å². The summed E-state index contributed by atoms with van der Waals surface area (Å²) >= 11 is 0. The van der Waals surface area contributed by atoms with E-state index in [0.717, 1.165) is 0 Å². The van der Waals surface area contributed by atoms with E-state index in [1.165, 1.54) is 21.2 Å². The number of aromatic nitrogens is 2. The van der Waals surface area contributed by atoms with Crippen LogP contribution in [0.3, 0.4) is 0 Å². The van der Waals surface area contributed by atoms with Crippen LogP contribution in [-0.4, -0.2) is 9.03 Å². The van der Waals surface area contributed by atoms with E-state index in [0.29, 0.717) is 11.4 Å². The second kappa shape index (κ2) is 1.97. The molecule has 0 fully saturated rings. The predicted octanol–water partition coefficient (Wildman–Crippen LogP) is -0.186. The summed E-state index contributed by atoms with van der Waals surface area (Å²) in [6.45, 7) is 3.48. The van der Waals surface area contributed by atoms with Gasteiger partial charge in [-0.3, -0.25) is 9.59 Å². The maximum atomic E-state index is 11.2. The standard InChI is InChI=1S/C8H8N2O2/c1-5-3-7(11)10-6(2)4-8(12)9(5)10/h3-4H,1-2H3. The van der Waals surface area contributed by atoms with E-state index in [-0.39, 0.29) is 11.1 Å². The van der Waals surface area contributed by atoms with Gasteiger partial charge in [0, 0.05) is 23.5 Å². The van der Waals surface area contributed by atoms with E-state index < -0.39 is 0 Å². The van der Waals surface area contributed by atoms with E-state index in [1.807, 2.05) is 0 Å². The molecule has 0 atom stereocenters. The van der Waals surface area contributed by atoms with E-state index in [1.54, 1.807) is 13.8 Å². The number of fused-ring (bicyclic) bond motifs is 1. The lowest BCUT2D eigenvalue weighted by Gasteiger charge is -1.88. The van der Waals surface area contributed by atoms with Crippen molar-refractivity contribution < 1.29 is 0 Å². The molecule has 12 heavy (non-hydrogen) atoms. The van der Waals surface area contributed by atoms with Crippen LogP contribution in [-0.2, 0) is 0 Å². The molecule has 0 radical (unpaired) electrons. The van der Waals surface area contributed by atoms with Gasteiger partial charge in [0.25, 0.3) is 11.1 Å². The van der Waals surface area contributed by atoms with Crippen molar-refractivity contribution in [3.05, 3.63) is 44.2 Å². The highest BCUT2D eigenvalue weighted by Crippen LogP contribution is 1.94. The molecule has 4 nitrogen and oxygen atoms in total. The van der Waals surface area contributed by atoms with Gasteiger partial charge in [0.05, 0.1) is 0 Å². The zero-order chi connectivity index (χ0) is 8.88. The minimum atomic E-state index is -0.146. The SMILES string of the molecule is Cc1cc(=O)n2c(C)cc(=O)n12. The summed E-state index contributed by atoms with van der Waals surface area (Å²) in [5.41, 5.74) is 1.07. The summed E-state index contributed by atoms with van der Waals surface area (Å²) < 4.78 is 2.75. The Morgan fingerprint density at radius 2 is 1.25 bits per heavy atom. The van der Waals surface area contributed by atoms with Crippen LogP contribution >= 0.6 is 0 Å². The maximum absolute atomic E-state index is 11.2. The minimum absolute atomic E-state index is 0.146. The van der Waals surface area contributed by atoms with Gasteiger partial charge in [-0.05, 0) is 13.8 Å². The summed E-state index contributed by atoms with van der Waals surface area (Å²) in [7, 11) is 0. The molecule has 0 bridgehead atoms. The summed E-state index contributed by atoms with van der Waals surface area (Å²) in [6.07, 6.45) is 0. The molecule has 2 aromatic heterocycles. The van der Waals surface area contributed by atoms with E-state index in [9.17, 15) is 9.59 Å². The Hall–Kier alpha value is -1.58. The van der Waals surface area contributed by atoms with Crippen LogP contribution in [0.1, 0.15) is 11.4 Å². The van der Waals surface area contributed by atoms with Crippen LogP contribution in [0.25, 0.3) is 0 Å². The fraction of sp³-hybridized carbons (Fsp3) is 0.250. The Bertz CT molecular complexity index is 485. The van der Waals surface area contributed by atoms with Gasteiger partial charge in [-0.25, -0.2) is 9.03 Å². The van der Waals surface area contributed by atoms with Crippen molar-refractivity contribution in [1.82, 2.24) is 9.03 Å². The molecule has 2 heterocycles. The van der Waals surface area contributed by atoms with E-state index in [2.05, 4.69) is 0 Å². The van der Waals surface area contributed by atoms with Gasteiger partial charge in [0.15, 0.2) is 0 Å². The van der Waals surface area contributed by atoms with Crippen LogP contribution in [0.15, 0.2) is 21.7 Å². The summed E-state index contributed by atoms with van der Waals surface area (Å²) in [5, 5.41) is 0. The molecule has 0 aromatic carbocycles. The second-order valence-electron chi connectivity index (χ2n) is 2.87. The fourth-order valence-electron chi connectivity index (χ4n) is 1.46. The molecule has 0 amide bonds. The normalized spacial score (nSPS) is 11.2. The largest absolute Gasteiger partial charge is 0.271 e. The Balaban J connectivity index is 3.23. The first-order chi connectivity index (χ1) is 5.61. The summed E-state index contributed by atoms with van der Waals surface area (Å²) in [4.78, 5) is 22.5. The Labute approximate surface area is 68.0 Å². The van der Waals surface area contributed by atoms with Crippen molar-refractivity contribution in [2.45, 2.75) is 13.8 Å². The lowest BCUT2D eigenvalue weighted by atomic mass is 10.4. The Kier molecular flexibility index (Phi) is 1.16. The molecule has 62 valence electrons. The third kappa shape index (κ3) is 0.664. The number of hydrogen-bond donors (Lipinski definition) is 0. The average molecular weight is 164 g/mol. The molecular weight excluding hydrogens is 156 g/mol. The predicted molar refractivity (Wildman–Crippen MR) is 44.0 cm³/mol. The topological polar surface area (TPSA) is 43.0 Å². The second-order valence-corrected chi connectivity index (χ2v) is 2.87. The fourth-order valence-corrected chi connectivity index (χ4v) is 1.46. The van der Waals surface area contributed by atoms with Crippen molar-refractivity contribution in [2.75, 3.05) is 0 Å². The monoisotopic (exact) mass is 164 g/mol. The van der Waals surface area contributed by atoms with Crippen LogP contribution in [0, 0.1) is 13.8 Å². The average Bonchev–Trinajstić information content (AvgIpc) is 2.38. The van der Waals surface area contributed by atoms with Gasteiger partial charge in [0.1, 0.15) is 0 Å². The van der Waals surface area contributed by atoms with E-state index in [4.69, 9.17) is 0 Å². The zero-order valence-corrected chi connectivity index (χ0v) is 6.87. The Morgan fingerprint density at radius 1 is 0.917 bits per heavy atom. The number of hydrogen-bond acceptors (Lipinski definition) is 2. The first kappa shape index (κ1) is 7.09. The van der Waals surface area contributed by atoms with Crippen LogP contribution in [0.4, 0.5) is 0 Å². The number of aryl methyl sites for hydroxylation is 2. The first-order valence-electron chi connectivity index (χ1n) is 3.66. The van der Waals surface area contributed by atoms with Crippen molar-refractivity contribution >= 4 is 0 Å². The van der Waals surface area contributed by atoms with Gasteiger partial charge in [-0.2, -0.15) is 0 Å². The van der Waals surface area contributed by atoms with Crippen molar-refractivity contribution in [2.24, 2.45) is 0 Å². The molecule has 2 rings (SSSR count). The highest BCUT2D eigenvalue weighted by Gasteiger charge is 2.08. The van der Waals surface area contributed by atoms with Crippen LogP contribution in [0.5, 0.6) is 0 Å². The van der Waals surface area contributed by atoms with E-state index >= 15 is 0 Å². The molecule has 0 N–H and O–H groups in total. The van der Waals surface area contributed by atoms with Gasteiger partial charge in [-0.1, -0.05) is 0 Å². The van der Waals surface area contributed by atoms with Gasteiger partial charge >= 0.3 is 0 Å². The summed E-state index contributed by atoms with van der Waals surface area (Å²) in [5.74, 6) is 0. The maximum Gasteiger partial charge on any atom is 0.271 e.